The summed E-state index contributed by atoms with van der Waals surface area (Å²) in [6, 6.07) is 1.59. The number of halogens is 1. The second-order valence-electron chi connectivity index (χ2n) is 3.03. The Morgan fingerprint density at radius 2 is 2.25 bits per heavy atom. The Bertz CT molecular complexity index is 533. The number of hydrogen-bond donors (Lipinski definition) is 0. The molecule has 0 N–H and O–H groups in total. The average molecular weight is 240 g/mol. The maximum Gasteiger partial charge on any atom is 0.307 e. The van der Waals surface area contributed by atoms with Crippen LogP contribution >= 0.6 is 11.6 Å². The lowest BCUT2D eigenvalue weighted by molar-refractivity contribution is -0.384. The van der Waals surface area contributed by atoms with Crippen molar-refractivity contribution in [2.45, 2.75) is 6.92 Å². The van der Waals surface area contributed by atoms with E-state index in [2.05, 4.69) is 15.1 Å². The Balaban J connectivity index is 2.46. The van der Waals surface area contributed by atoms with E-state index in [1.54, 1.807) is 13.0 Å². The molecule has 0 fully saturated rings. The predicted octanol–water partition coefficient (Wildman–Crippen LogP) is 1.53. The van der Waals surface area contributed by atoms with Crippen molar-refractivity contribution in [2.75, 3.05) is 0 Å². The van der Waals surface area contributed by atoms with Gasteiger partial charge in [0.1, 0.15) is 17.5 Å². The minimum atomic E-state index is -0.541. The molecule has 16 heavy (non-hydrogen) atoms. The topological polar surface area (TPSA) is 86.7 Å². The van der Waals surface area contributed by atoms with Crippen molar-refractivity contribution in [1.82, 2.24) is 19.7 Å². The molecule has 0 saturated heterocycles. The first kappa shape index (κ1) is 10.5. The summed E-state index contributed by atoms with van der Waals surface area (Å²) in [6.45, 7) is 1.75. The molecule has 82 valence electrons. The van der Waals surface area contributed by atoms with E-state index in [-0.39, 0.29) is 16.8 Å². The largest absolute Gasteiger partial charge is 0.307 e. The fourth-order valence-corrected chi connectivity index (χ4v) is 1.37. The average Bonchev–Trinajstić information content (AvgIpc) is 2.64. The van der Waals surface area contributed by atoms with Gasteiger partial charge in [-0.05, 0) is 13.0 Å². The molecule has 0 aliphatic rings. The van der Waals surface area contributed by atoms with Crippen LogP contribution in [0.4, 0.5) is 5.69 Å². The molecular formula is C8H6ClN5O2. The van der Waals surface area contributed by atoms with Crippen LogP contribution in [0.2, 0.25) is 5.15 Å². The normalized spacial score (nSPS) is 10.4. The Kier molecular flexibility index (Phi) is 2.53. The zero-order chi connectivity index (χ0) is 11.7. The van der Waals surface area contributed by atoms with Crippen molar-refractivity contribution < 1.29 is 4.92 Å². The fraction of sp³-hybridized carbons (Fsp3) is 0.125. The van der Waals surface area contributed by atoms with Crippen molar-refractivity contribution in [3.63, 3.8) is 0 Å². The number of aryl methyl sites for hydroxylation is 1. The van der Waals surface area contributed by atoms with Crippen LogP contribution in [0.3, 0.4) is 0 Å². The number of rotatable bonds is 2. The van der Waals surface area contributed by atoms with Gasteiger partial charge in [-0.25, -0.2) is 4.98 Å². The van der Waals surface area contributed by atoms with Crippen LogP contribution in [-0.4, -0.2) is 24.7 Å². The Labute approximate surface area is 94.9 Å². The highest BCUT2D eigenvalue weighted by Crippen LogP contribution is 2.13. The van der Waals surface area contributed by atoms with Gasteiger partial charge in [0.25, 0.3) is 5.95 Å². The van der Waals surface area contributed by atoms with E-state index in [9.17, 15) is 10.1 Å². The summed E-state index contributed by atoms with van der Waals surface area (Å²) in [5, 5.41) is 14.5. The summed E-state index contributed by atoms with van der Waals surface area (Å²) < 4.78 is 1.21. The molecule has 2 rings (SSSR count). The molecule has 0 aromatic carbocycles. The molecule has 0 bridgehead atoms. The van der Waals surface area contributed by atoms with Crippen molar-refractivity contribution >= 4 is 17.3 Å². The maximum absolute atomic E-state index is 10.5. The smallest absolute Gasteiger partial charge is 0.258 e. The van der Waals surface area contributed by atoms with Gasteiger partial charge < -0.3 is 0 Å². The van der Waals surface area contributed by atoms with Gasteiger partial charge in [-0.3, -0.25) is 10.1 Å². The molecule has 7 nitrogen and oxygen atoms in total. The van der Waals surface area contributed by atoms with Crippen molar-refractivity contribution in [3.8, 4) is 5.95 Å². The van der Waals surface area contributed by atoms with Crippen LogP contribution < -0.4 is 0 Å². The van der Waals surface area contributed by atoms with E-state index in [4.69, 9.17) is 11.6 Å². The number of hydrogen-bond acceptors (Lipinski definition) is 5. The summed E-state index contributed by atoms with van der Waals surface area (Å²) in [5.74, 6) is 0.207. The minimum Gasteiger partial charge on any atom is -0.258 e. The Morgan fingerprint density at radius 1 is 1.50 bits per heavy atom. The number of nitrogens with zero attached hydrogens (tertiary/aromatic N) is 5. The van der Waals surface area contributed by atoms with Gasteiger partial charge in [-0.1, -0.05) is 11.6 Å². The van der Waals surface area contributed by atoms with E-state index >= 15 is 0 Å². The van der Waals surface area contributed by atoms with Gasteiger partial charge in [0.05, 0.1) is 4.92 Å². The van der Waals surface area contributed by atoms with E-state index < -0.39 is 4.92 Å². The second kappa shape index (κ2) is 3.86. The van der Waals surface area contributed by atoms with Crippen molar-refractivity contribution in [1.29, 1.82) is 0 Å². The van der Waals surface area contributed by atoms with E-state index in [1.807, 2.05) is 0 Å². The molecule has 0 radical (unpaired) electrons. The summed E-state index contributed by atoms with van der Waals surface area (Å²) in [6.07, 6.45) is 2.35. The monoisotopic (exact) mass is 239 g/mol. The molecule has 0 aliphatic carbocycles. The Morgan fingerprint density at radius 3 is 2.81 bits per heavy atom. The van der Waals surface area contributed by atoms with E-state index in [0.717, 1.165) is 6.20 Å². The molecule has 0 saturated carbocycles. The maximum atomic E-state index is 10.5. The summed E-state index contributed by atoms with van der Waals surface area (Å²) >= 11 is 5.74. The summed E-state index contributed by atoms with van der Waals surface area (Å²) in [5.41, 5.74) is 0.536. The Hall–Kier alpha value is -2.02. The van der Waals surface area contributed by atoms with Crippen LogP contribution in [0.15, 0.2) is 18.5 Å². The van der Waals surface area contributed by atoms with E-state index in [1.165, 1.54) is 10.9 Å². The van der Waals surface area contributed by atoms with Crippen LogP contribution in [-0.2, 0) is 0 Å². The molecule has 8 heteroatoms. The van der Waals surface area contributed by atoms with E-state index in [0.29, 0.717) is 5.69 Å². The van der Waals surface area contributed by atoms with Crippen LogP contribution in [0.25, 0.3) is 5.95 Å². The highest BCUT2D eigenvalue weighted by molar-refractivity contribution is 6.29. The molecule has 2 aromatic heterocycles. The van der Waals surface area contributed by atoms with Crippen LogP contribution in [0.5, 0.6) is 0 Å². The van der Waals surface area contributed by atoms with Gasteiger partial charge >= 0.3 is 5.69 Å². The molecule has 2 heterocycles. The molecular weight excluding hydrogens is 234 g/mol. The zero-order valence-electron chi connectivity index (χ0n) is 8.16. The van der Waals surface area contributed by atoms with Gasteiger partial charge in [-0.15, -0.1) is 0 Å². The third kappa shape index (κ3) is 1.98. The van der Waals surface area contributed by atoms with Crippen LogP contribution in [0, 0.1) is 17.0 Å². The molecule has 0 amide bonds. The summed E-state index contributed by atoms with van der Waals surface area (Å²) in [7, 11) is 0. The highest BCUT2D eigenvalue weighted by Gasteiger charge is 2.11. The van der Waals surface area contributed by atoms with Gasteiger partial charge in [0, 0.05) is 5.69 Å². The minimum absolute atomic E-state index is 0.124. The lowest BCUT2D eigenvalue weighted by Crippen LogP contribution is -2.02. The third-order valence-electron chi connectivity index (χ3n) is 1.80. The molecule has 0 unspecified atom stereocenters. The fourth-order valence-electron chi connectivity index (χ4n) is 1.13. The molecule has 0 aliphatic heterocycles. The van der Waals surface area contributed by atoms with Crippen LogP contribution in [0.1, 0.15) is 5.69 Å². The first-order valence-electron chi connectivity index (χ1n) is 4.27. The highest BCUT2D eigenvalue weighted by atomic mass is 35.5. The van der Waals surface area contributed by atoms with Gasteiger partial charge in [-0.2, -0.15) is 14.8 Å². The predicted molar refractivity (Wildman–Crippen MR) is 55.6 cm³/mol. The molecule has 0 atom stereocenters. The lowest BCUT2D eigenvalue weighted by atomic mass is 10.5. The second-order valence-corrected chi connectivity index (χ2v) is 3.42. The van der Waals surface area contributed by atoms with Crippen molar-refractivity contribution in [3.05, 3.63) is 39.4 Å². The zero-order valence-corrected chi connectivity index (χ0v) is 8.92. The lowest BCUT2D eigenvalue weighted by Gasteiger charge is -2.00. The molecule has 2 aromatic rings. The first-order valence-corrected chi connectivity index (χ1v) is 4.64. The van der Waals surface area contributed by atoms with Crippen molar-refractivity contribution in [2.24, 2.45) is 0 Å². The number of nitro groups is 1. The molecule has 0 spiro atoms. The SMILES string of the molecule is Cc1cc(Cl)nc(-n2cc([N+](=O)[O-])cn2)n1. The summed E-state index contributed by atoms with van der Waals surface area (Å²) in [4.78, 5) is 17.9. The quantitative estimate of drug-likeness (QED) is 0.451. The van der Waals surface area contributed by atoms with Gasteiger partial charge in [0.2, 0.25) is 0 Å². The first-order chi connectivity index (χ1) is 7.56. The van der Waals surface area contributed by atoms with Gasteiger partial charge in [0.15, 0.2) is 0 Å². The standard InChI is InChI=1S/C8H6ClN5O2/c1-5-2-7(9)12-8(11-5)13-4-6(3-10-13)14(15)16/h2-4H,1H3. The third-order valence-corrected chi connectivity index (χ3v) is 1.99. The number of aromatic nitrogens is 4.